The van der Waals surface area contributed by atoms with Gasteiger partial charge in [-0.25, -0.2) is 9.97 Å². The molecule has 22 heavy (non-hydrogen) atoms. The van der Waals surface area contributed by atoms with Gasteiger partial charge in [-0.1, -0.05) is 11.6 Å². The number of carbonyl (C=O) groups excluding carboxylic acids is 1. The highest BCUT2D eigenvalue weighted by atomic mass is 35.5. The van der Waals surface area contributed by atoms with Crippen molar-refractivity contribution in [3.05, 3.63) is 23.7 Å². The largest absolute Gasteiger partial charge is 0.366 e. The molecule has 2 unspecified atom stereocenters. The minimum atomic E-state index is -1.50. The molecule has 0 aromatic carbocycles. The topological polar surface area (TPSA) is 97.5 Å². The van der Waals surface area contributed by atoms with Crippen LogP contribution in [0.4, 0.5) is 0 Å². The van der Waals surface area contributed by atoms with Crippen LogP contribution in [0.5, 0.6) is 0 Å². The number of halogens is 1. The van der Waals surface area contributed by atoms with E-state index in [-0.39, 0.29) is 12.3 Å². The second kappa shape index (κ2) is 6.70. The molecule has 0 bridgehead atoms. The lowest BCUT2D eigenvalue weighted by Gasteiger charge is -2.13. The van der Waals surface area contributed by atoms with Crippen LogP contribution in [0.15, 0.2) is 18.6 Å². The number of aliphatic hydroxyl groups is 2. The van der Waals surface area contributed by atoms with Crippen LogP contribution in [0.1, 0.15) is 32.9 Å². The van der Waals surface area contributed by atoms with Gasteiger partial charge in [0, 0.05) is 6.20 Å². The summed E-state index contributed by atoms with van der Waals surface area (Å²) in [6, 6.07) is 1.86. The predicted molar refractivity (Wildman–Crippen MR) is 80.3 cm³/mol. The molecule has 2 atom stereocenters. The highest BCUT2D eigenvalue weighted by Crippen LogP contribution is 2.31. The maximum absolute atomic E-state index is 10.7. The summed E-state index contributed by atoms with van der Waals surface area (Å²) < 4.78 is 7.49. The first-order valence-electron chi connectivity index (χ1n) is 6.82. The van der Waals surface area contributed by atoms with Gasteiger partial charge in [-0.2, -0.15) is 0 Å². The van der Waals surface area contributed by atoms with E-state index < -0.39 is 5.79 Å². The maximum atomic E-state index is 10.7. The maximum Gasteiger partial charge on any atom is 0.156 e. The fraction of sp³-hybridized carbons (Fsp3) is 0.500. The van der Waals surface area contributed by atoms with Gasteiger partial charge in [-0.15, -0.1) is 0 Å². The molecule has 1 aliphatic heterocycles. The third-order valence-corrected chi connectivity index (χ3v) is 3.25. The Kier molecular flexibility index (Phi) is 5.12. The number of nitrogens with zero attached hydrogens (tertiary/aromatic N) is 3. The Bertz CT molecular complexity index is 647. The number of aromatic nitrogens is 3. The Balaban J connectivity index is 0.000000309. The lowest BCUT2D eigenvalue weighted by atomic mass is 10.2. The third-order valence-electron chi connectivity index (χ3n) is 2.95. The van der Waals surface area contributed by atoms with Gasteiger partial charge in [0.05, 0.1) is 5.39 Å². The second-order valence-corrected chi connectivity index (χ2v) is 5.82. The predicted octanol–water partition coefficient (Wildman–Crippen LogP) is 1.67. The van der Waals surface area contributed by atoms with E-state index in [0.29, 0.717) is 5.15 Å². The first-order valence-corrected chi connectivity index (χ1v) is 7.20. The van der Waals surface area contributed by atoms with E-state index in [9.17, 15) is 4.79 Å². The van der Waals surface area contributed by atoms with Crippen LogP contribution < -0.4 is 0 Å². The third kappa shape index (κ3) is 4.23. The van der Waals surface area contributed by atoms with Gasteiger partial charge in [-0.05, 0) is 32.8 Å². The normalized spacial score (nSPS) is 21.5. The number of ether oxygens (including phenoxy) is 1. The zero-order valence-electron chi connectivity index (χ0n) is 12.3. The second-order valence-electron chi connectivity index (χ2n) is 5.46. The quantitative estimate of drug-likeness (QED) is 0.494. The molecule has 0 radical (unpaired) electrons. The van der Waals surface area contributed by atoms with E-state index in [2.05, 4.69) is 9.97 Å². The van der Waals surface area contributed by atoms with Crippen molar-refractivity contribution < 1.29 is 19.7 Å². The van der Waals surface area contributed by atoms with E-state index in [0.717, 1.165) is 30.2 Å². The van der Waals surface area contributed by atoms with Gasteiger partial charge in [0.1, 0.15) is 35.7 Å². The summed E-state index contributed by atoms with van der Waals surface area (Å²) in [7, 11) is 0. The van der Waals surface area contributed by atoms with Crippen LogP contribution in [0.2, 0.25) is 5.15 Å². The van der Waals surface area contributed by atoms with E-state index in [1.54, 1.807) is 0 Å². The molecule has 3 rings (SSSR count). The first-order chi connectivity index (χ1) is 10.3. The summed E-state index contributed by atoms with van der Waals surface area (Å²) in [5.74, 6) is -1.50. The molecule has 1 aliphatic rings. The van der Waals surface area contributed by atoms with Crippen molar-refractivity contribution in [2.24, 2.45) is 0 Å². The Morgan fingerprint density at radius 2 is 2.09 bits per heavy atom. The summed E-state index contributed by atoms with van der Waals surface area (Å²) in [4.78, 5) is 18.8. The van der Waals surface area contributed by atoms with Crippen molar-refractivity contribution in [2.75, 3.05) is 0 Å². The van der Waals surface area contributed by atoms with Crippen LogP contribution in [0.25, 0.3) is 11.0 Å². The summed E-state index contributed by atoms with van der Waals surface area (Å²) in [6.45, 7) is 2.60. The van der Waals surface area contributed by atoms with Crippen molar-refractivity contribution in [1.29, 1.82) is 0 Å². The number of carbonyl (C=O) groups is 1. The van der Waals surface area contributed by atoms with Crippen LogP contribution in [-0.4, -0.2) is 42.9 Å². The molecule has 120 valence electrons. The molecular formula is C14H18ClN3O4. The van der Waals surface area contributed by atoms with Gasteiger partial charge in [0.2, 0.25) is 0 Å². The zero-order chi connectivity index (χ0) is 16.3. The van der Waals surface area contributed by atoms with Crippen LogP contribution in [-0.2, 0) is 9.53 Å². The first kappa shape index (κ1) is 16.8. The van der Waals surface area contributed by atoms with Crippen molar-refractivity contribution in [3.63, 3.8) is 0 Å². The van der Waals surface area contributed by atoms with Crippen molar-refractivity contribution in [3.8, 4) is 0 Å². The van der Waals surface area contributed by atoms with Gasteiger partial charge >= 0.3 is 0 Å². The molecule has 7 nitrogen and oxygen atoms in total. The van der Waals surface area contributed by atoms with Crippen molar-refractivity contribution >= 4 is 28.9 Å². The van der Waals surface area contributed by atoms with Crippen LogP contribution in [0, 0.1) is 0 Å². The fourth-order valence-electron chi connectivity index (χ4n) is 2.12. The lowest BCUT2D eigenvalue weighted by molar-refractivity contribution is -0.127. The molecule has 0 saturated carbocycles. The summed E-state index contributed by atoms with van der Waals surface area (Å²) >= 11 is 5.97. The highest BCUT2D eigenvalue weighted by Gasteiger charge is 2.27. The highest BCUT2D eigenvalue weighted by molar-refractivity contribution is 6.33. The monoisotopic (exact) mass is 327 g/mol. The minimum absolute atomic E-state index is 0.145. The Morgan fingerprint density at radius 3 is 2.68 bits per heavy atom. The van der Waals surface area contributed by atoms with Crippen molar-refractivity contribution in [1.82, 2.24) is 14.5 Å². The van der Waals surface area contributed by atoms with Gasteiger partial charge in [-0.3, -0.25) is 0 Å². The van der Waals surface area contributed by atoms with Crippen molar-refractivity contribution in [2.45, 2.75) is 44.8 Å². The molecule has 3 heterocycles. The molecule has 2 N–H and O–H groups in total. The molecular weight excluding hydrogens is 310 g/mol. The molecule has 1 saturated heterocycles. The molecule has 2 aromatic heterocycles. The average Bonchev–Trinajstić information content (AvgIpc) is 3.02. The van der Waals surface area contributed by atoms with Gasteiger partial charge < -0.3 is 24.3 Å². The molecule has 8 heteroatoms. The Hall–Kier alpha value is -1.54. The van der Waals surface area contributed by atoms with E-state index >= 15 is 0 Å². The summed E-state index contributed by atoms with van der Waals surface area (Å²) in [6.07, 6.45) is 5.22. The molecule has 2 aromatic rings. The van der Waals surface area contributed by atoms with Crippen LogP contribution in [0.3, 0.4) is 0 Å². The Labute approximate surface area is 132 Å². The van der Waals surface area contributed by atoms with E-state index in [4.69, 9.17) is 26.6 Å². The van der Waals surface area contributed by atoms with Gasteiger partial charge in [0.25, 0.3) is 0 Å². The summed E-state index contributed by atoms with van der Waals surface area (Å²) in [5, 5.41) is 17.4. The smallest absolute Gasteiger partial charge is 0.156 e. The molecule has 0 amide bonds. The average molecular weight is 328 g/mol. The number of aldehydes is 1. The van der Waals surface area contributed by atoms with Gasteiger partial charge in [0.15, 0.2) is 5.79 Å². The number of rotatable bonds is 2. The molecule has 1 fully saturated rings. The molecule has 0 spiro atoms. The van der Waals surface area contributed by atoms with E-state index in [1.807, 2.05) is 16.8 Å². The SMILES string of the molecule is CC(C)(O)O.O=CC1CCC(n2ccc3c(Cl)ncnc32)O1. The standard InChI is InChI=1S/C11H10ClN3O2.C3H8O2/c12-10-8-3-4-15(11(8)14-6-13-10)9-2-1-7(5-16)17-9;1-3(2,4)5/h3-7,9H,1-2H2;4-5H,1-2H3. The number of fused-ring (bicyclic) bond motifs is 1. The number of hydrogen-bond donors (Lipinski definition) is 2. The summed E-state index contributed by atoms with van der Waals surface area (Å²) in [5.41, 5.74) is 0.738. The van der Waals surface area contributed by atoms with Crippen LogP contribution >= 0.6 is 11.6 Å². The number of hydrogen-bond acceptors (Lipinski definition) is 6. The minimum Gasteiger partial charge on any atom is -0.366 e. The zero-order valence-corrected chi connectivity index (χ0v) is 13.1. The lowest BCUT2D eigenvalue weighted by Crippen LogP contribution is -2.15. The Morgan fingerprint density at radius 1 is 1.41 bits per heavy atom. The fourth-order valence-corrected chi connectivity index (χ4v) is 2.31. The molecule has 0 aliphatic carbocycles. The van der Waals surface area contributed by atoms with E-state index in [1.165, 1.54) is 20.2 Å².